The topological polar surface area (TPSA) is 51.5 Å². The molecule has 0 N–H and O–H groups in total. The SMILES string of the molecule is COc1cc(C)c(S(=O)(=O)N2CCn3cccc3C2)c(C)c1. The van der Waals surface area contributed by atoms with E-state index in [0.717, 1.165) is 16.8 Å². The Labute approximate surface area is 131 Å². The Morgan fingerprint density at radius 2 is 1.82 bits per heavy atom. The Balaban J connectivity index is 2.01. The molecule has 3 rings (SSSR count). The van der Waals surface area contributed by atoms with Gasteiger partial charge in [-0.2, -0.15) is 4.31 Å². The molecule has 0 amide bonds. The van der Waals surface area contributed by atoms with Gasteiger partial charge in [-0.05, 0) is 49.2 Å². The third kappa shape index (κ3) is 2.42. The molecule has 5 nitrogen and oxygen atoms in total. The summed E-state index contributed by atoms with van der Waals surface area (Å²) in [6, 6.07) is 7.46. The van der Waals surface area contributed by atoms with Gasteiger partial charge in [-0.1, -0.05) is 0 Å². The van der Waals surface area contributed by atoms with Crippen LogP contribution in [0.25, 0.3) is 0 Å². The molecule has 2 heterocycles. The van der Waals surface area contributed by atoms with E-state index in [1.54, 1.807) is 23.5 Å². The van der Waals surface area contributed by atoms with E-state index in [0.29, 0.717) is 30.3 Å². The van der Waals surface area contributed by atoms with Gasteiger partial charge in [-0.15, -0.1) is 0 Å². The van der Waals surface area contributed by atoms with E-state index in [4.69, 9.17) is 4.74 Å². The normalized spacial score (nSPS) is 15.6. The van der Waals surface area contributed by atoms with Gasteiger partial charge < -0.3 is 9.30 Å². The zero-order valence-corrected chi connectivity index (χ0v) is 13.9. The highest BCUT2D eigenvalue weighted by Gasteiger charge is 2.30. The van der Waals surface area contributed by atoms with Gasteiger partial charge in [0.05, 0.1) is 18.6 Å². The first kappa shape index (κ1) is 15.1. The lowest BCUT2D eigenvalue weighted by molar-refractivity contribution is 0.341. The molecule has 2 aromatic rings. The van der Waals surface area contributed by atoms with Crippen LogP contribution in [-0.2, 0) is 23.1 Å². The summed E-state index contributed by atoms with van der Waals surface area (Å²) >= 11 is 0. The van der Waals surface area contributed by atoms with Crippen LogP contribution in [0, 0.1) is 13.8 Å². The maximum absolute atomic E-state index is 13.0. The number of sulfonamides is 1. The Morgan fingerprint density at radius 1 is 1.14 bits per heavy atom. The van der Waals surface area contributed by atoms with Gasteiger partial charge in [0.15, 0.2) is 0 Å². The average Bonchev–Trinajstić information content (AvgIpc) is 2.93. The van der Waals surface area contributed by atoms with Crippen LogP contribution in [0.5, 0.6) is 5.75 Å². The molecule has 0 fully saturated rings. The number of methoxy groups -OCH3 is 1. The summed E-state index contributed by atoms with van der Waals surface area (Å²) in [5, 5.41) is 0. The smallest absolute Gasteiger partial charge is 0.244 e. The van der Waals surface area contributed by atoms with Crippen molar-refractivity contribution in [1.82, 2.24) is 8.87 Å². The van der Waals surface area contributed by atoms with Crippen LogP contribution >= 0.6 is 0 Å². The van der Waals surface area contributed by atoms with Crippen molar-refractivity contribution in [3.8, 4) is 5.75 Å². The molecule has 0 aliphatic carbocycles. The number of aryl methyl sites for hydroxylation is 2. The van der Waals surface area contributed by atoms with E-state index in [9.17, 15) is 8.42 Å². The number of aromatic nitrogens is 1. The molecule has 1 aromatic heterocycles. The maximum Gasteiger partial charge on any atom is 0.244 e. The second-order valence-electron chi connectivity index (χ2n) is 5.62. The third-order valence-corrected chi connectivity index (χ3v) is 6.27. The Morgan fingerprint density at radius 3 is 2.45 bits per heavy atom. The first-order valence-corrected chi connectivity index (χ1v) is 8.67. The lowest BCUT2D eigenvalue weighted by Crippen LogP contribution is -2.38. The summed E-state index contributed by atoms with van der Waals surface area (Å²) < 4.78 is 34.9. The summed E-state index contributed by atoms with van der Waals surface area (Å²) in [5.74, 6) is 0.682. The number of nitrogens with zero attached hydrogens (tertiary/aromatic N) is 2. The fourth-order valence-electron chi connectivity index (χ4n) is 3.06. The van der Waals surface area contributed by atoms with Crippen molar-refractivity contribution in [1.29, 1.82) is 0 Å². The molecule has 22 heavy (non-hydrogen) atoms. The first-order chi connectivity index (χ1) is 10.4. The maximum atomic E-state index is 13.0. The number of hydrogen-bond acceptors (Lipinski definition) is 3. The van der Waals surface area contributed by atoms with Crippen LogP contribution in [0.3, 0.4) is 0 Å². The fraction of sp³-hybridized carbons (Fsp3) is 0.375. The van der Waals surface area contributed by atoms with Crippen molar-refractivity contribution < 1.29 is 13.2 Å². The lowest BCUT2D eigenvalue weighted by atomic mass is 10.1. The van der Waals surface area contributed by atoms with E-state index in [-0.39, 0.29) is 0 Å². The second kappa shape index (κ2) is 5.44. The summed E-state index contributed by atoms with van der Waals surface area (Å²) in [5.41, 5.74) is 2.47. The molecule has 118 valence electrons. The predicted octanol–water partition coefficient (Wildman–Crippen LogP) is 2.32. The van der Waals surface area contributed by atoms with Crippen molar-refractivity contribution in [2.24, 2.45) is 0 Å². The summed E-state index contributed by atoms with van der Waals surface area (Å²) in [6.45, 7) is 5.23. The molecule has 1 aromatic carbocycles. The van der Waals surface area contributed by atoms with Crippen molar-refractivity contribution in [2.75, 3.05) is 13.7 Å². The van der Waals surface area contributed by atoms with E-state index < -0.39 is 10.0 Å². The zero-order valence-electron chi connectivity index (χ0n) is 13.0. The highest BCUT2D eigenvalue weighted by Crippen LogP contribution is 2.30. The number of rotatable bonds is 3. The van der Waals surface area contributed by atoms with E-state index in [2.05, 4.69) is 4.57 Å². The van der Waals surface area contributed by atoms with Crippen molar-refractivity contribution in [2.45, 2.75) is 31.8 Å². The summed E-state index contributed by atoms with van der Waals surface area (Å²) in [7, 11) is -1.92. The van der Waals surface area contributed by atoms with Crippen LogP contribution < -0.4 is 4.74 Å². The van der Waals surface area contributed by atoms with Crippen LogP contribution in [0.4, 0.5) is 0 Å². The van der Waals surface area contributed by atoms with Gasteiger partial charge >= 0.3 is 0 Å². The van der Waals surface area contributed by atoms with Gasteiger partial charge in [-0.25, -0.2) is 8.42 Å². The molecule has 0 radical (unpaired) electrons. The molecule has 0 unspecified atom stereocenters. The predicted molar refractivity (Wildman–Crippen MR) is 84.5 cm³/mol. The molecular weight excluding hydrogens is 300 g/mol. The molecule has 1 aliphatic heterocycles. The highest BCUT2D eigenvalue weighted by molar-refractivity contribution is 7.89. The first-order valence-electron chi connectivity index (χ1n) is 7.23. The Bertz CT molecular complexity index is 786. The van der Waals surface area contributed by atoms with Crippen molar-refractivity contribution >= 4 is 10.0 Å². The second-order valence-corrected chi connectivity index (χ2v) is 7.50. The molecular formula is C16H20N2O3S. The largest absolute Gasteiger partial charge is 0.497 e. The minimum Gasteiger partial charge on any atom is -0.497 e. The Hall–Kier alpha value is -1.79. The number of ether oxygens (including phenoxy) is 1. The standard InChI is InChI=1S/C16H20N2O3S/c1-12-9-15(21-3)10-13(2)16(12)22(19,20)18-8-7-17-6-4-5-14(17)11-18/h4-6,9-10H,7-8,11H2,1-3H3. The van der Waals surface area contributed by atoms with Crippen LogP contribution in [-0.4, -0.2) is 30.9 Å². The van der Waals surface area contributed by atoms with Gasteiger partial charge in [0, 0.05) is 25.0 Å². The van der Waals surface area contributed by atoms with E-state index >= 15 is 0 Å². The minimum atomic E-state index is -3.50. The quantitative estimate of drug-likeness (QED) is 0.872. The van der Waals surface area contributed by atoms with Crippen molar-refractivity contribution in [3.05, 3.63) is 47.3 Å². The zero-order chi connectivity index (χ0) is 15.9. The number of benzene rings is 1. The molecule has 6 heteroatoms. The lowest BCUT2D eigenvalue weighted by Gasteiger charge is -2.29. The van der Waals surface area contributed by atoms with Gasteiger partial charge in [0.1, 0.15) is 5.75 Å². The molecule has 0 spiro atoms. The van der Waals surface area contributed by atoms with Crippen LogP contribution in [0.1, 0.15) is 16.8 Å². The summed E-state index contributed by atoms with van der Waals surface area (Å²) in [4.78, 5) is 0.397. The van der Waals surface area contributed by atoms with Gasteiger partial charge in [0.25, 0.3) is 0 Å². The monoisotopic (exact) mass is 320 g/mol. The van der Waals surface area contributed by atoms with Gasteiger partial charge in [-0.3, -0.25) is 0 Å². The Kier molecular flexibility index (Phi) is 3.74. The van der Waals surface area contributed by atoms with Crippen LogP contribution in [0.2, 0.25) is 0 Å². The number of hydrogen-bond donors (Lipinski definition) is 0. The molecule has 0 bridgehead atoms. The minimum absolute atomic E-state index is 0.397. The molecule has 0 saturated carbocycles. The highest BCUT2D eigenvalue weighted by atomic mass is 32.2. The van der Waals surface area contributed by atoms with Gasteiger partial charge in [0.2, 0.25) is 10.0 Å². The summed E-state index contributed by atoms with van der Waals surface area (Å²) in [6.07, 6.45) is 1.99. The molecule has 1 aliphatic rings. The third-order valence-electron chi connectivity index (χ3n) is 4.12. The fourth-order valence-corrected chi connectivity index (χ4v) is 4.87. The van der Waals surface area contributed by atoms with Crippen molar-refractivity contribution in [3.63, 3.8) is 0 Å². The number of fused-ring (bicyclic) bond motifs is 1. The molecule has 0 atom stereocenters. The molecule has 0 saturated heterocycles. The van der Waals surface area contributed by atoms with E-state index in [1.165, 1.54) is 0 Å². The van der Waals surface area contributed by atoms with E-state index in [1.807, 2.05) is 32.2 Å². The van der Waals surface area contributed by atoms with Crippen LogP contribution in [0.15, 0.2) is 35.4 Å². The average molecular weight is 320 g/mol.